The molecule has 0 aliphatic carbocycles. The van der Waals surface area contributed by atoms with E-state index in [0.29, 0.717) is 17.8 Å². The van der Waals surface area contributed by atoms with Gasteiger partial charge in [0, 0.05) is 6.42 Å². The zero-order valence-corrected chi connectivity index (χ0v) is 8.44. The van der Waals surface area contributed by atoms with E-state index >= 15 is 0 Å². The first kappa shape index (κ1) is 10.1. The van der Waals surface area contributed by atoms with Gasteiger partial charge in [-0.15, -0.1) is 5.28 Å². The van der Waals surface area contributed by atoms with Crippen molar-refractivity contribution in [3.05, 3.63) is 24.3 Å². The molecule has 3 nitrogen and oxygen atoms in total. The van der Waals surface area contributed by atoms with Crippen LogP contribution in [0.1, 0.15) is 6.42 Å². The van der Waals surface area contributed by atoms with E-state index in [1.165, 1.54) is 0 Å². The fourth-order valence-electron chi connectivity index (χ4n) is 0.955. The van der Waals surface area contributed by atoms with Gasteiger partial charge in [0.05, 0.1) is 11.4 Å². The van der Waals surface area contributed by atoms with Gasteiger partial charge in [-0.25, -0.2) is 0 Å². The maximum absolute atomic E-state index is 11.2. The summed E-state index contributed by atoms with van der Waals surface area (Å²) in [6.07, 6.45) is 0.499. The molecule has 0 aromatic heterocycles. The predicted molar refractivity (Wildman–Crippen MR) is 54.7 cm³/mol. The molecule has 1 rings (SSSR count). The van der Waals surface area contributed by atoms with Crippen LogP contribution in [0.25, 0.3) is 0 Å². The highest BCUT2D eigenvalue weighted by Crippen LogP contribution is 2.16. The highest BCUT2D eigenvalue weighted by atomic mass is 27.0. The highest BCUT2D eigenvalue weighted by Gasteiger charge is 2.01. The Morgan fingerprint density at radius 3 is 2.77 bits per heavy atom. The SMILES string of the molecule is Nc1ccccc1NC(=O)C[CH2][Al]. The molecule has 0 fully saturated rings. The average molecular weight is 190 g/mol. The minimum Gasteiger partial charge on any atom is -0.397 e. The molecule has 0 aliphatic rings. The Morgan fingerprint density at radius 2 is 2.15 bits per heavy atom. The van der Waals surface area contributed by atoms with Crippen LogP contribution in [0.5, 0.6) is 0 Å². The van der Waals surface area contributed by atoms with Crippen molar-refractivity contribution >= 4 is 33.6 Å². The largest absolute Gasteiger partial charge is 0.397 e. The van der Waals surface area contributed by atoms with Gasteiger partial charge in [0.25, 0.3) is 0 Å². The van der Waals surface area contributed by atoms with Gasteiger partial charge in [0.15, 0.2) is 0 Å². The van der Waals surface area contributed by atoms with Gasteiger partial charge >= 0.3 is 0 Å². The topological polar surface area (TPSA) is 55.1 Å². The summed E-state index contributed by atoms with van der Waals surface area (Å²) in [5, 5.41) is 3.50. The number of hydrogen-bond acceptors (Lipinski definition) is 2. The molecular weight excluding hydrogens is 179 g/mol. The molecule has 1 aromatic carbocycles. The molecule has 1 aromatic rings. The molecule has 0 aliphatic heterocycles. The Bertz CT molecular complexity index is 301. The smallest absolute Gasteiger partial charge is 0.223 e. The second-order valence-corrected chi connectivity index (χ2v) is 3.25. The first-order chi connectivity index (χ1) is 6.24. The van der Waals surface area contributed by atoms with E-state index in [-0.39, 0.29) is 5.91 Å². The number of anilines is 2. The molecular formula is C9H11AlN2O. The van der Waals surface area contributed by atoms with E-state index in [0.717, 1.165) is 5.28 Å². The number of nitrogens with one attached hydrogen (secondary N) is 1. The van der Waals surface area contributed by atoms with Crippen LogP contribution >= 0.6 is 0 Å². The molecule has 0 saturated carbocycles. The quantitative estimate of drug-likeness (QED) is 0.555. The Balaban J connectivity index is 2.63. The lowest BCUT2D eigenvalue weighted by atomic mass is 10.2. The van der Waals surface area contributed by atoms with Crippen molar-refractivity contribution in [3.63, 3.8) is 0 Å². The van der Waals surface area contributed by atoms with Crippen LogP contribution in [-0.4, -0.2) is 22.2 Å². The summed E-state index contributed by atoms with van der Waals surface area (Å²) in [4.78, 5) is 11.2. The van der Waals surface area contributed by atoms with Crippen LogP contribution in [0.4, 0.5) is 11.4 Å². The van der Waals surface area contributed by atoms with E-state index in [4.69, 9.17) is 5.73 Å². The maximum atomic E-state index is 11.2. The molecule has 1 amide bonds. The van der Waals surface area contributed by atoms with Crippen LogP contribution < -0.4 is 11.1 Å². The van der Waals surface area contributed by atoms with Gasteiger partial charge < -0.3 is 11.1 Å². The number of nitrogens with two attached hydrogens (primary N) is 1. The summed E-state index contributed by atoms with van der Waals surface area (Å²) >= 11 is 2.51. The summed E-state index contributed by atoms with van der Waals surface area (Å²) in [6, 6.07) is 7.22. The number of para-hydroxylation sites is 2. The minimum absolute atomic E-state index is 0.00657. The standard InChI is InChI=1S/C9H11N2O.Al/c1-2-9(12)11-8-6-4-3-5-7(8)10;/h3-6H,1-2,10H2,(H,11,12);. The first-order valence-corrected chi connectivity index (χ1v) is 4.90. The van der Waals surface area contributed by atoms with Gasteiger partial charge in [0.2, 0.25) is 5.91 Å². The number of carbonyl (C=O) groups excluding carboxylic acids is 1. The molecule has 0 saturated heterocycles. The van der Waals surface area contributed by atoms with E-state index in [1.54, 1.807) is 12.1 Å². The summed E-state index contributed by atoms with van der Waals surface area (Å²) in [7, 11) is 0. The molecule has 0 atom stereocenters. The van der Waals surface area contributed by atoms with Crippen molar-refractivity contribution < 1.29 is 4.79 Å². The molecule has 0 unspecified atom stereocenters. The Kier molecular flexibility index (Phi) is 3.81. The fourth-order valence-corrected chi connectivity index (χ4v) is 1.22. The molecule has 3 N–H and O–H groups in total. The van der Waals surface area contributed by atoms with Crippen LogP contribution in [-0.2, 0) is 4.79 Å². The Hall–Kier alpha value is -0.978. The summed E-state index contributed by atoms with van der Waals surface area (Å²) in [5.41, 5.74) is 6.93. The van der Waals surface area contributed by atoms with Gasteiger partial charge in [-0.1, -0.05) is 12.1 Å². The Morgan fingerprint density at radius 1 is 1.46 bits per heavy atom. The monoisotopic (exact) mass is 190 g/mol. The lowest BCUT2D eigenvalue weighted by molar-refractivity contribution is -0.115. The second-order valence-electron chi connectivity index (χ2n) is 2.67. The van der Waals surface area contributed by atoms with Crippen molar-refractivity contribution in [1.29, 1.82) is 0 Å². The number of hydrogen-bond donors (Lipinski definition) is 2. The summed E-state index contributed by atoms with van der Waals surface area (Å²) in [6.45, 7) is 0. The van der Waals surface area contributed by atoms with Crippen molar-refractivity contribution in [2.45, 2.75) is 11.7 Å². The number of benzene rings is 1. The first-order valence-electron chi connectivity index (χ1n) is 4.08. The molecule has 0 heterocycles. The third kappa shape index (κ3) is 3.10. The summed E-state index contributed by atoms with van der Waals surface area (Å²) < 4.78 is 0. The van der Waals surface area contributed by atoms with Gasteiger partial charge in [-0.05, 0) is 12.1 Å². The van der Waals surface area contributed by atoms with Gasteiger partial charge in [0.1, 0.15) is 16.3 Å². The average Bonchev–Trinajstić information content (AvgIpc) is 2.09. The zero-order valence-electron chi connectivity index (χ0n) is 7.29. The maximum Gasteiger partial charge on any atom is 0.223 e. The zero-order chi connectivity index (χ0) is 9.68. The van der Waals surface area contributed by atoms with Crippen LogP contribution in [0.3, 0.4) is 0 Å². The predicted octanol–water partition coefficient (Wildman–Crippen LogP) is 1.18. The number of rotatable bonds is 3. The highest BCUT2D eigenvalue weighted by molar-refractivity contribution is 6.10. The molecule has 4 heteroatoms. The van der Waals surface area contributed by atoms with E-state index in [2.05, 4.69) is 21.6 Å². The second kappa shape index (κ2) is 4.91. The van der Waals surface area contributed by atoms with Gasteiger partial charge in [-0.2, -0.15) is 0 Å². The van der Waals surface area contributed by atoms with Crippen molar-refractivity contribution in [3.8, 4) is 0 Å². The molecule has 66 valence electrons. The normalized spacial score (nSPS) is 9.54. The third-order valence-corrected chi connectivity index (χ3v) is 1.89. The molecule has 2 radical (unpaired) electrons. The molecule has 13 heavy (non-hydrogen) atoms. The third-order valence-electron chi connectivity index (χ3n) is 1.61. The minimum atomic E-state index is -0.00657. The van der Waals surface area contributed by atoms with Crippen molar-refractivity contribution in [2.75, 3.05) is 11.1 Å². The molecule has 0 spiro atoms. The van der Waals surface area contributed by atoms with Crippen molar-refractivity contribution in [1.82, 2.24) is 0 Å². The summed E-state index contributed by atoms with van der Waals surface area (Å²) in [5.74, 6) is -0.00657. The number of amides is 1. The lowest BCUT2D eigenvalue weighted by Gasteiger charge is -2.06. The molecule has 0 bridgehead atoms. The van der Waals surface area contributed by atoms with Crippen LogP contribution in [0, 0.1) is 0 Å². The number of nitrogen functional groups attached to an aromatic ring is 1. The van der Waals surface area contributed by atoms with Gasteiger partial charge in [-0.3, -0.25) is 4.79 Å². The van der Waals surface area contributed by atoms with Crippen LogP contribution in [0.15, 0.2) is 24.3 Å². The van der Waals surface area contributed by atoms with Crippen molar-refractivity contribution in [2.24, 2.45) is 0 Å². The Labute approximate surface area is 85.7 Å². The van der Waals surface area contributed by atoms with E-state index in [1.807, 2.05) is 12.1 Å². The number of carbonyl (C=O) groups is 1. The van der Waals surface area contributed by atoms with E-state index < -0.39 is 0 Å². The van der Waals surface area contributed by atoms with Crippen LogP contribution in [0.2, 0.25) is 5.28 Å². The fraction of sp³-hybridized carbons (Fsp3) is 0.222. The van der Waals surface area contributed by atoms with E-state index in [9.17, 15) is 4.79 Å². The lowest BCUT2D eigenvalue weighted by Crippen LogP contribution is -2.12.